The number of halogens is 1. The Balaban J connectivity index is 0.00000361. The first kappa shape index (κ1) is 18.9. The molecule has 20 heavy (non-hydrogen) atoms. The second-order valence-corrected chi connectivity index (χ2v) is 6.44. The van der Waals surface area contributed by atoms with Crippen molar-refractivity contribution in [2.75, 3.05) is 0 Å². The highest BCUT2D eigenvalue weighted by molar-refractivity contribution is 5.85. The highest BCUT2D eigenvalue weighted by atomic mass is 35.5. The Morgan fingerprint density at radius 1 is 1.20 bits per heavy atom. The molecule has 0 fully saturated rings. The summed E-state index contributed by atoms with van der Waals surface area (Å²) in [6.45, 7) is 12.7. The number of nitrogens with one attached hydrogen (secondary N) is 1. The Kier molecular flexibility index (Phi) is 6.72. The molecule has 1 aromatic rings. The molecule has 0 bridgehead atoms. The number of aryl methyl sites for hydroxylation is 3. The van der Waals surface area contributed by atoms with Gasteiger partial charge in [0.05, 0.1) is 6.04 Å². The summed E-state index contributed by atoms with van der Waals surface area (Å²) in [5.41, 5.74) is 10.6. The lowest BCUT2D eigenvalue weighted by atomic mass is 9.87. The summed E-state index contributed by atoms with van der Waals surface area (Å²) in [5, 5.41) is 2.94. The van der Waals surface area contributed by atoms with Gasteiger partial charge in [0.25, 0.3) is 0 Å². The Bertz CT molecular complexity index is 455. The van der Waals surface area contributed by atoms with Crippen LogP contribution in [0.2, 0.25) is 0 Å². The Labute approximate surface area is 128 Å². The van der Waals surface area contributed by atoms with Crippen molar-refractivity contribution in [1.29, 1.82) is 0 Å². The van der Waals surface area contributed by atoms with Crippen LogP contribution in [0.1, 0.15) is 43.0 Å². The topological polar surface area (TPSA) is 55.1 Å². The summed E-state index contributed by atoms with van der Waals surface area (Å²) < 4.78 is 0. The van der Waals surface area contributed by atoms with Gasteiger partial charge in [0, 0.05) is 6.54 Å². The number of amides is 1. The van der Waals surface area contributed by atoms with E-state index in [-0.39, 0.29) is 23.7 Å². The lowest BCUT2D eigenvalue weighted by molar-refractivity contribution is -0.124. The molecule has 1 atom stereocenters. The summed E-state index contributed by atoms with van der Waals surface area (Å²) in [7, 11) is 0. The summed E-state index contributed by atoms with van der Waals surface area (Å²) in [6, 6.07) is 3.79. The van der Waals surface area contributed by atoms with E-state index in [1.165, 1.54) is 22.3 Å². The summed E-state index contributed by atoms with van der Waals surface area (Å²) >= 11 is 0. The molecular weight excluding hydrogens is 272 g/mol. The van der Waals surface area contributed by atoms with Crippen molar-refractivity contribution < 1.29 is 4.79 Å². The zero-order valence-electron chi connectivity index (χ0n) is 13.3. The van der Waals surface area contributed by atoms with Crippen molar-refractivity contribution in [2.24, 2.45) is 11.1 Å². The fourth-order valence-corrected chi connectivity index (χ4v) is 2.17. The zero-order valence-corrected chi connectivity index (χ0v) is 14.1. The average molecular weight is 299 g/mol. The minimum atomic E-state index is -0.487. The number of nitrogens with two attached hydrogens (primary N) is 1. The van der Waals surface area contributed by atoms with Crippen LogP contribution in [0.4, 0.5) is 0 Å². The Morgan fingerprint density at radius 2 is 1.65 bits per heavy atom. The van der Waals surface area contributed by atoms with E-state index in [9.17, 15) is 4.79 Å². The summed E-state index contributed by atoms with van der Waals surface area (Å²) in [4.78, 5) is 12.0. The van der Waals surface area contributed by atoms with Crippen molar-refractivity contribution in [2.45, 2.75) is 54.1 Å². The van der Waals surface area contributed by atoms with Crippen molar-refractivity contribution in [1.82, 2.24) is 5.32 Å². The van der Waals surface area contributed by atoms with Gasteiger partial charge in [-0.3, -0.25) is 4.79 Å². The molecular formula is C16H27ClN2O. The standard InChI is InChI=1S/C16H26N2O.ClH/c1-10-7-11(2)13(12(3)8-10)9-18-15(19)14(17)16(4,5)6;/h7-8,14H,9,17H2,1-6H3,(H,18,19);1H/t14-;/m1./s1. The molecule has 4 heteroatoms. The Hall–Kier alpha value is -1.06. The highest BCUT2D eigenvalue weighted by Gasteiger charge is 2.27. The molecule has 114 valence electrons. The molecule has 0 unspecified atom stereocenters. The molecule has 1 rings (SSSR count). The first-order chi connectivity index (χ1) is 8.62. The van der Waals surface area contributed by atoms with E-state index in [2.05, 4.69) is 38.2 Å². The van der Waals surface area contributed by atoms with Crippen molar-refractivity contribution >= 4 is 18.3 Å². The van der Waals surface area contributed by atoms with Gasteiger partial charge < -0.3 is 11.1 Å². The monoisotopic (exact) mass is 298 g/mol. The molecule has 1 aromatic carbocycles. The van der Waals surface area contributed by atoms with Gasteiger partial charge in [-0.25, -0.2) is 0 Å². The van der Waals surface area contributed by atoms with E-state index in [1.807, 2.05) is 20.8 Å². The molecule has 0 aromatic heterocycles. The van der Waals surface area contributed by atoms with Crippen LogP contribution in [-0.2, 0) is 11.3 Å². The zero-order chi connectivity index (χ0) is 14.8. The fraction of sp³-hybridized carbons (Fsp3) is 0.562. The van der Waals surface area contributed by atoms with Gasteiger partial charge in [-0.15, -0.1) is 12.4 Å². The van der Waals surface area contributed by atoms with Crippen LogP contribution in [-0.4, -0.2) is 11.9 Å². The first-order valence-corrected chi connectivity index (χ1v) is 6.73. The van der Waals surface area contributed by atoms with Crippen molar-refractivity contribution in [3.05, 3.63) is 34.4 Å². The van der Waals surface area contributed by atoms with E-state index in [0.29, 0.717) is 6.54 Å². The van der Waals surface area contributed by atoms with Gasteiger partial charge >= 0.3 is 0 Å². The summed E-state index contributed by atoms with van der Waals surface area (Å²) in [6.07, 6.45) is 0. The second kappa shape index (κ2) is 7.09. The third-order valence-electron chi connectivity index (χ3n) is 3.50. The lowest BCUT2D eigenvalue weighted by Gasteiger charge is -2.26. The van der Waals surface area contributed by atoms with E-state index < -0.39 is 6.04 Å². The molecule has 0 saturated heterocycles. The predicted octanol–water partition coefficient (Wildman–Crippen LogP) is 3.02. The SMILES string of the molecule is Cc1cc(C)c(CNC(=O)[C@@H](N)C(C)(C)C)c(C)c1.Cl. The van der Waals surface area contributed by atoms with Gasteiger partial charge in [0.15, 0.2) is 0 Å². The average Bonchev–Trinajstić information content (AvgIpc) is 2.24. The molecule has 0 aliphatic rings. The highest BCUT2D eigenvalue weighted by Crippen LogP contribution is 2.19. The van der Waals surface area contributed by atoms with Crippen LogP contribution in [0, 0.1) is 26.2 Å². The van der Waals surface area contributed by atoms with Crippen molar-refractivity contribution in [3.8, 4) is 0 Å². The fourth-order valence-electron chi connectivity index (χ4n) is 2.17. The molecule has 1 amide bonds. The van der Waals surface area contributed by atoms with E-state index >= 15 is 0 Å². The van der Waals surface area contributed by atoms with Gasteiger partial charge in [-0.2, -0.15) is 0 Å². The van der Waals surface area contributed by atoms with Crippen LogP contribution in [0.3, 0.4) is 0 Å². The molecule has 0 heterocycles. The smallest absolute Gasteiger partial charge is 0.237 e. The third-order valence-corrected chi connectivity index (χ3v) is 3.50. The maximum Gasteiger partial charge on any atom is 0.237 e. The maximum atomic E-state index is 12.0. The van der Waals surface area contributed by atoms with E-state index in [1.54, 1.807) is 0 Å². The lowest BCUT2D eigenvalue weighted by Crippen LogP contribution is -2.48. The molecule has 3 nitrogen and oxygen atoms in total. The van der Waals surface area contributed by atoms with E-state index in [4.69, 9.17) is 5.73 Å². The normalized spacial score (nSPS) is 12.6. The Morgan fingerprint density at radius 3 is 2.05 bits per heavy atom. The number of benzene rings is 1. The number of hydrogen-bond donors (Lipinski definition) is 2. The minimum Gasteiger partial charge on any atom is -0.351 e. The number of hydrogen-bond acceptors (Lipinski definition) is 2. The number of carbonyl (C=O) groups is 1. The molecule has 0 aliphatic carbocycles. The van der Waals surface area contributed by atoms with Gasteiger partial charge in [0.2, 0.25) is 5.91 Å². The second-order valence-electron chi connectivity index (χ2n) is 6.44. The van der Waals surface area contributed by atoms with Crippen molar-refractivity contribution in [3.63, 3.8) is 0 Å². The largest absolute Gasteiger partial charge is 0.351 e. The quantitative estimate of drug-likeness (QED) is 0.901. The first-order valence-electron chi connectivity index (χ1n) is 6.73. The van der Waals surface area contributed by atoms with Gasteiger partial charge in [-0.1, -0.05) is 38.5 Å². The minimum absolute atomic E-state index is 0. The van der Waals surface area contributed by atoms with Gasteiger partial charge in [0.1, 0.15) is 0 Å². The number of carbonyl (C=O) groups excluding carboxylic acids is 1. The van der Waals surface area contributed by atoms with Crippen LogP contribution < -0.4 is 11.1 Å². The van der Waals surface area contributed by atoms with E-state index in [0.717, 1.165) is 0 Å². The molecule has 0 radical (unpaired) electrons. The van der Waals surface area contributed by atoms with Crippen LogP contribution >= 0.6 is 12.4 Å². The molecule has 0 spiro atoms. The van der Waals surface area contributed by atoms with Crippen LogP contribution in [0.5, 0.6) is 0 Å². The van der Waals surface area contributed by atoms with Gasteiger partial charge in [-0.05, 0) is 42.9 Å². The van der Waals surface area contributed by atoms with Crippen LogP contribution in [0.25, 0.3) is 0 Å². The third kappa shape index (κ3) is 4.80. The summed E-state index contributed by atoms with van der Waals surface area (Å²) in [5.74, 6) is -0.0909. The van der Waals surface area contributed by atoms with Crippen LogP contribution in [0.15, 0.2) is 12.1 Å². The predicted molar refractivity (Wildman–Crippen MR) is 87.2 cm³/mol. The molecule has 0 saturated carbocycles. The number of rotatable bonds is 3. The maximum absolute atomic E-state index is 12.0. The molecule has 0 aliphatic heterocycles. The molecule has 3 N–H and O–H groups in total.